The third kappa shape index (κ3) is 4.42. The van der Waals surface area contributed by atoms with Crippen molar-refractivity contribution in [2.24, 2.45) is 28.6 Å². The van der Waals surface area contributed by atoms with Crippen LogP contribution >= 0.6 is 0 Å². The van der Waals surface area contributed by atoms with Crippen molar-refractivity contribution in [3.63, 3.8) is 0 Å². The second kappa shape index (κ2) is 9.92. The summed E-state index contributed by atoms with van der Waals surface area (Å²) in [6.45, 7) is 4.57. The van der Waals surface area contributed by atoms with Crippen molar-refractivity contribution in [2.45, 2.75) is 90.0 Å². The summed E-state index contributed by atoms with van der Waals surface area (Å²) in [6, 6.07) is 0. The Kier molecular flexibility index (Phi) is 7.44. The molecule has 0 saturated heterocycles. The Hall–Kier alpha value is -2.49. The van der Waals surface area contributed by atoms with Crippen LogP contribution in [-0.2, 0) is 28.7 Å². The summed E-state index contributed by atoms with van der Waals surface area (Å²) in [5.41, 5.74) is -2.94. The van der Waals surface area contributed by atoms with Crippen LogP contribution in [0.15, 0.2) is 23.8 Å². The van der Waals surface area contributed by atoms with E-state index in [1.807, 2.05) is 13.8 Å². The summed E-state index contributed by atoms with van der Waals surface area (Å²) in [7, 11) is 0. The van der Waals surface area contributed by atoms with Crippen molar-refractivity contribution < 1.29 is 46.9 Å². The predicted molar refractivity (Wildman–Crippen MR) is 128 cm³/mol. The molecule has 10 heteroatoms. The van der Waals surface area contributed by atoms with Crippen LogP contribution in [0.5, 0.6) is 0 Å². The lowest BCUT2D eigenvalue weighted by atomic mass is 9.46. The van der Waals surface area contributed by atoms with E-state index in [4.69, 9.17) is 9.47 Å². The van der Waals surface area contributed by atoms with Crippen LogP contribution < -0.4 is 0 Å². The SMILES string of the molecule is CCCCC(=O)O[C@@]1(C(=O)CO)CC[C@H]2[C@@H]3CCC4=CC(=O)C=C[C@]4(C)[C@H]3[C@H](OC(=O)C(F)(F)F)C[C@@]21C. The van der Waals surface area contributed by atoms with Crippen LogP contribution in [0.4, 0.5) is 13.2 Å². The van der Waals surface area contributed by atoms with Crippen molar-refractivity contribution in [3.05, 3.63) is 23.8 Å². The van der Waals surface area contributed by atoms with Crippen LogP contribution in [-0.4, -0.2) is 53.1 Å². The highest BCUT2D eigenvalue weighted by atomic mass is 19.4. The summed E-state index contributed by atoms with van der Waals surface area (Å²) in [5.74, 6) is -4.92. The van der Waals surface area contributed by atoms with Crippen LogP contribution in [0.3, 0.4) is 0 Å². The van der Waals surface area contributed by atoms with E-state index >= 15 is 0 Å². The quantitative estimate of drug-likeness (QED) is 0.477. The van der Waals surface area contributed by atoms with E-state index in [9.17, 15) is 37.5 Å². The lowest BCUT2D eigenvalue weighted by Crippen LogP contribution is -2.63. The average molecular weight is 541 g/mol. The third-order valence-electron chi connectivity index (χ3n) is 9.70. The maximum absolute atomic E-state index is 13.4. The molecule has 4 rings (SSSR count). The summed E-state index contributed by atoms with van der Waals surface area (Å²) < 4.78 is 51.3. The van der Waals surface area contributed by atoms with Gasteiger partial charge in [-0.15, -0.1) is 0 Å². The molecule has 0 spiro atoms. The van der Waals surface area contributed by atoms with Crippen molar-refractivity contribution >= 4 is 23.5 Å². The van der Waals surface area contributed by atoms with Crippen LogP contribution in [0.2, 0.25) is 0 Å². The Bertz CT molecular complexity index is 1080. The molecule has 1 N–H and O–H groups in total. The molecule has 0 heterocycles. The minimum Gasteiger partial charge on any atom is -0.455 e. The van der Waals surface area contributed by atoms with Gasteiger partial charge in [0.2, 0.25) is 5.78 Å². The predicted octanol–water partition coefficient (Wildman–Crippen LogP) is 4.41. The number of unbranched alkanes of at least 4 members (excludes halogenated alkanes) is 1. The molecule has 0 unspecified atom stereocenters. The molecule has 210 valence electrons. The van der Waals surface area contributed by atoms with Gasteiger partial charge in [-0.05, 0) is 62.5 Å². The number of esters is 2. The Morgan fingerprint density at radius 1 is 1.18 bits per heavy atom. The number of carbonyl (C=O) groups is 4. The molecule has 0 amide bonds. The highest BCUT2D eigenvalue weighted by Crippen LogP contribution is 2.68. The van der Waals surface area contributed by atoms with Gasteiger partial charge in [0.15, 0.2) is 11.4 Å². The van der Waals surface area contributed by atoms with Crippen molar-refractivity contribution in [1.82, 2.24) is 0 Å². The largest absolute Gasteiger partial charge is 0.490 e. The normalized spacial score (nSPS) is 38.0. The summed E-state index contributed by atoms with van der Waals surface area (Å²) in [6.07, 6.45) is 0.923. The van der Waals surface area contributed by atoms with Gasteiger partial charge in [0.1, 0.15) is 12.7 Å². The highest BCUT2D eigenvalue weighted by molar-refractivity contribution is 6.01. The number of fused-ring (bicyclic) bond motifs is 5. The van der Waals surface area contributed by atoms with E-state index in [1.165, 1.54) is 12.2 Å². The number of aliphatic hydroxyl groups excluding tert-OH is 1. The number of carbonyl (C=O) groups excluding carboxylic acids is 4. The lowest BCUT2D eigenvalue weighted by molar-refractivity contribution is -0.227. The summed E-state index contributed by atoms with van der Waals surface area (Å²) in [5, 5.41) is 9.90. The number of ether oxygens (including phenoxy) is 2. The molecule has 0 radical (unpaired) electrons. The minimum absolute atomic E-state index is 0.0707. The van der Waals surface area contributed by atoms with Gasteiger partial charge in [0.05, 0.1) is 0 Å². The first-order chi connectivity index (χ1) is 17.7. The van der Waals surface area contributed by atoms with Gasteiger partial charge in [0.25, 0.3) is 0 Å². The van der Waals surface area contributed by atoms with Gasteiger partial charge in [-0.3, -0.25) is 14.4 Å². The van der Waals surface area contributed by atoms with Crippen molar-refractivity contribution in [3.8, 4) is 0 Å². The molecular formula is C28H35F3O7. The first-order valence-corrected chi connectivity index (χ1v) is 13.3. The number of hydrogen-bond donors (Lipinski definition) is 1. The number of Topliss-reactive ketones (excluding diaryl/α,β-unsaturated/α-hetero) is 1. The molecule has 4 aliphatic rings. The number of allylic oxidation sites excluding steroid dienone is 4. The van der Waals surface area contributed by atoms with Crippen LogP contribution in [0.1, 0.15) is 72.1 Å². The maximum atomic E-state index is 13.4. The van der Waals surface area contributed by atoms with E-state index < -0.39 is 59.0 Å². The zero-order valence-corrected chi connectivity index (χ0v) is 21.9. The molecule has 4 aliphatic carbocycles. The van der Waals surface area contributed by atoms with Gasteiger partial charge >= 0.3 is 18.1 Å². The third-order valence-corrected chi connectivity index (χ3v) is 9.70. The minimum atomic E-state index is -5.22. The van der Waals surface area contributed by atoms with E-state index in [2.05, 4.69) is 0 Å². The lowest BCUT2D eigenvalue weighted by Gasteiger charge is -2.60. The van der Waals surface area contributed by atoms with E-state index in [0.717, 1.165) is 12.0 Å². The van der Waals surface area contributed by atoms with Gasteiger partial charge in [-0.1, -0.05) is 38.8 Å². The van der Waals surface area contributed by atoms with Gasteiger partial charge in [-0.2, -0.15) is 13.2 Å². The monoisotopic (exact) mass is 540 g/mol. The number of halogens is 3. The van der Waals surface area contributed by atoms with Crippen LogP contribution in [0, 0.1) is 28.6 Å². The van der Waals surface area contributed by atoms with Gasteiger partial charge < -0.3 is 14.6 Å². The highest BCUT2D eigenvalue weighted by Gasteiger charge is 2.71. The van der Waals surface area contributed by atoms with Gasteiger partial charge in [0, 0.05) is 23.2 Å². The van der Waals surface area contributed by atoms with Crippen molar-refractivity contribution in [1.29, 1.82) is 0 Å². The second-order valence-corrected chi connectivity index (χ2v) is 11.6. The first-order valence-electron chi connectivity index (χ1n) is 13.3. The standard InChI is InChI=1S/C28H35F3O7/c1-4-5-6-22(35)38-27(21(34)15-32)12-10-19-18-8-7-16-13-17(33)9-11-25(16,2)23(18)20(14-26(19,27)3)37-24(36)28(29,30)31/h9,11,13,18-20,23,32H,4-8,10,12,14-15H2,1-3H3/t18-,19-,20+,23+,25-,26-,27+/m0/s1. The number of aliphatic hydroxyl groups is 1. The second-order valence-electron chi connectivity index (χ2n) is 11.6. The number of alkyl halides is 3. The molecule has 0 aromatic rings. The molecule has 3 saturated carbocycles. The molecule has 38 heavy (non-hydrogen) atoms. The Labute approximate surface area is 219 Å². The maximum Gasteiger partial charge on any atom is 0.490 e. The zero-order chi connectivity index (χ0) is 28.1. The molecule has 3 fully saturated rings. The Morgan fingerprint density at radius 3 is 2.53 bits per heavy atom. The van der Waals surface area contributed by atoms with E-state index in [1.54, 1.807) is 13.0 Å². The van der Waals surface area contributed by atoms with Crippen LogP contribution in [0.25, 0.3) is 0 Å². The zero-order valence-electron chi connectivity index (χ0n) is 21.9. The summed E-state index contributed by atoms with van der Waals surface area (Å²) >= 11 is 0. The Morgan fingerprint density at radius 2 is 1.89 bits per heavy atom. The number of ketones is 2. The molecule has 0 bridgehead atoms. The Balaban J connectivity index is 1.80. The molecule has 7 nitrogen and oxygen atoms in total. The molecule has 0 aromatic carbocycles. The molecule has 0 aliphatic heterocycles. The summed E-state index contributed by atoms with van der Waals surface area (Å²) in [4.78, 5) is 50.4. The van der Waals surface area contributed by atoms with E-state index in [0.29, 0.717) is 25.7 Å². The molecule has 0 aromatic heterocycles. The first kappa shape index (κ1) is 28.5. The fourth-order valence-corrected chi connectivity index (χ4v) is 7.97. The fraction of sp³-hybridized carbons (Fsp3) is 0.714. The van der Waals surface area contributed by atoms with Crippen molar-refractivity contribution in [2.75, 3.05) is 6.61 Å². The molecule has 7 atom stereocenters. The topological polar surface area (TPSA) is 107 Å². The number of rotatable bonds is 7. The van der Waals surface area contributed by atoms with Gasteiger partial charge in [-0.25, -0.2) is 4.79 Å². The average Bonchev–Trinajstić information content (AvgIpc) is 3.14. The number of hydrogen-bond acceptors (Lipinski definition) is 7. The molecular weight excluding hydrogens is 505 g/mol. The van der Waals surface area contributed by atoms with E-state index in [-0.39, 0.29) is 36.9 Å². The fourth-order valence-electron chi connectivity index (χ4n) is 7.97. The smallest absolute Gasteiger partial charge is 0.455 e.